The summed E-state index contributed by atoms with van der Waals surface area (Å²) >= 11 is 5.83. The van der Waals surface area contributed by atoms with E-state index in [4.69, 9.17) is 21.1 Å². The summed E-state index contributed by atoms with van der Waals surface area (Å²) in [4.78, 5) is 38.9. The molecule has 4 aromatic rings. The molecule has 0 N–H and O–H groups in total. The predicted octanol–water partition coefficient (Wildman–Crippen LogP) is 6.06. The van der Waals surface area contributed by atoms with E-state index < -0.39 is 11.9 Å². The number of halogens is 1. The Bertz CT molecular complexity index is 1430. The average Bonchev–Trinajstić information content (AvgIpc) is 3.30. The highest BCUT2D eigenvalue weighted by molar-refractivity contribution is 6.30. The van der Waals surface area contributed by atoms with Crippen molar-refractivity contribution in [2.45, 2.75) is 6.42 Å². The number of ether oxygens (including phenoxy) is 2. The van der Waals surface area contributed by atoms with Crippen LogP contribution in [0.5, 0.6) is 11.5 Å². The van der Waals surface area contributed by atoms with Crippen LogP contribution in [-0.4, -0.2) is 30.8 Å². The first-order valence-electron chi connectivity index (χ1n) is 11.5. The molecule has 1 fully saturated rings. The predicted molar refractivity (Wildman–Crippen MR) is 138 cm³/mol. The minimum absolute atomic E-state index is 0.0300. The van der Waals surface area contributed by atoms with Crippen LogP contribution in [-0.2, 0) is 14.3 Å². The zero-order valence-corrected chi connectivity index (χ0v) is 20.0. The third kappa shape index (κ3) is 5.09. The molecule has 0 aromatic heterocycles. The fourth-order valence-electron chi connectivity index (χ4n) is 4.19. The SMILES string of the molecule is O=C(COC(=O)[C@@H]1CC(=O)N(c2ccc(Oc3cccc4ccccc34)cc2)C1)c1ccc(Cl)cc1. The number of ketones is 1. The molecule has 0 bridgehead atoms. The van der Waals surface area contributed by atoms with Gasteiger partial charge in [-0.25, -0.2) is 0 Å². The molecule has 0 spiro atoms. The summed E-state index contributed by atoms with van der Waals surface area (Å²) in [6.45, 7) is -0.193. The average molecular weight is 500 g/mol. The second-order valence-electron chi connectivity index (χ2n) is 8.52. The van der Waals surface area contributed by atoms with Gasteiger partial charge in [0.05, 0.1) is 5.92 Å². The number of rotatable bonds is 7. The summed E-state index contributed by atoms with van der Waals surface area (Å²) in [6, 6.07) is 27.4. The molecule has 6 nitrogen and oxygen atoms in total. The van der Waals surface area contributed by atoms with Gasteiger partial charge in [0.15, 0.2) is 12.4 Å². The number of carbonyl (C=O) groups excluding carboxylic acids is 3. The van der Waals surface area contributed by atoms with Crippen molar-refractivity contribution >= 4 is 45.7 Å². The Morgan fingerprint density at radius 2 is 1.61 bits per heavy atom. The van der Waals surface area contributed by atoms with Crippen molar-refractivity contribution in [3.8, 4) is 11.5 Å². The van der Waals surface area contributed by atoms with Gasteiger partial charge in [0.25, 0.3) is 0 Å². The van der Waals surface area contributed by atoms with Crippen LogP contribution in [0.1, 0.15) is 16.8 Å². The Balaban J connectivity index is 1.20. The Morgan fingerprint density at radius 3 is 2.39 bits per heavy atom. The zero-order chi connectivity index (χ0) is 25.1. The van der Waals surface area contributed by atoms with Gasteiger partial charge >= 0.3 is 5.97 Å². The van der Waals surface area contributed by atoms with Crippen LogP contribution in [0, 0.1) is 5.92 Å². The van der Waals surface area contributed by atoms with Crippen LogP contribution in [0.4, 0.5) is 5.69 Å². The van der Waals surface area contributed by atoms with E-state index in [2.05, 4.69) is 0 Å². The largest absolute Gasteiger partial charge is 0.457 e. The summed E-state index contributed by atoms with van der Waals surface area (Å²) in [6.07, 6.45) is 0.0300. The fraction of sp³-hybridized carbons (Fsp3) is 0.138. The second-order valence-corrected chi connectivity index (χ2v) is 8.95. The molecule has 1 amide bonds. The third-order valence-electron chi connectivity index (χ3n) is 6.10. The van der Waals surface area contributed by atoms with Crippen molar-refractivity contribution in [2.24, 2.45) is 5.92 Å². The number of amides is 1. The number of nitrogens with zero attached hydrogens (tertiary/aromatic N) is 1. The van der Waals surface area contributed by atoms with Crippen LogP contribution in [0.25, 0.3) is 10.8 Å². The van der Waals surface area contributed by atoms with Crippen LogP contribution >= 0.6 is 11.6 Å². The van der Waals surface area contributed by atoms with Gasteiger partial charge in [0.1, 0.15) is 11.5 Å². The third-order valence-corrected chi connectivity index (χ3v) is 6.35. The highest BCUT2D eigenvalue weighted by atomic mass is 35.5. The lowest BCUT2D eigenvalue weighted by Gasteiger charge is -2.17. The van der Waals surface area contributed by atoms with Crippen molar-refractivity contribution in [3.05, 3.63) is 102 Å². The molecule has 1 atom stereocenters. The number of carbonyl (C=O) groups is 3. The summed E-state index contributed by atoms with van der Waals surface area (Å²) < 4.78 is 11.3. The molecule has 36 heavy (non-hydrogen) atoms. The van der Waals surface area contributed by atoms with Crippen molar-refractivity contribution in [2.75, 3.05) is 18.1 Å². The molecule has 1 aliphatic rings. The molecular formula is C29H22ClNO5. The fourth-order valence-corrected chi connectivity index (χ4v) is 4.32. The molecule has 1 saturated heterocycles. The summed E-state index contributed by atoms with van der Waals surface area (Å²) in [5.74, 6) is -0.328. The maximum absolute atomic E-state index is 12.6. The monoisotopic (exact) mass is 499 g/mol. The van der Waals surface area contributed by atoms with Gasteiger partial charge in [-0.3, -0.25) is 14.4 Å². The zero-order valence-electron chi connectivity index (χ0n) is 19.2. The number of fused-ring (bicyclic) bond motifs is 1. The molecule has 0 saturated carbocycles. The topological polar surface area (TPSA) is 72.9 Å². The number of hydrogen-bond acceptors (Lipinski definition) is 5. The highest BCUT2D eigenvalue weighted by Gasteiger charge is 2.36. The maximum Gasteiger partial charge on any atom is 0.311 e. The summed E-state index contributed by atoms with van der Waals surface area (Å²) in [5, 5.41) is 2.61. The lowest BCUT2D eigenvalue weighted by Crippen LogP contribution is -2.27. The second kappa shape index (κ2) is 10.2. The quantitative estimate of drug-likeness (QED) is 0.228. The van der Waals surface area contributed by atoms with Crippen LogP contribution in [0.15, 0.2) is 91.0 Å². The van der Waals surface area contributed by atoms with Gasteiger partial charge in [0, 0.05) is 34.6 Å². The Labute approximate surface area is 213 Å². The lowest BCUT2D eigenvalue weighted by atomic mass is 10.1. The number of Topliss-reactive ketones (excluding diaryl/α,β-unsaturated/α-hetero) is 1. The molecular weight excluding hydrogens is 478 g/mol. The first-order valence-corrected chi connectivity index (χ1v) is 11.9. The van der Waals surface area contributed by atoms with E-state index in [9.17, 15) is 14.4 Å². The number of esters is 1. The minimum Gasteiger partial charge on any atom is -0.457 e. The molecule has 4 aromatic carbocycles. The van der Waals surface area contributed by atoms with Crippen LogP contribution in [0.3, 0.4) is 0 Å². The molecule has 0 unspecified atom stereocenters. The standard InChI is InChI=1S/C29H22ClNO5/c30-22-10-8-20(9-11-22)26(32)18-35-29(34)21-16-28(33)31(17-21)23-12-14-24(15-13-23)36-27-7-3-5-19-4-1-2-6-25(19)27/h1-15,21H,16-18H2/t21-/m1/s1. The van der Waals surface area contributed by atoms with Gasteiger partial charge < -0.3 is 14.4 Å². The molecule has 7 heteroatoms. The van der Waals surface area contributed by atoms with Gasteiger partial charge in [-0.2, -0.15) is 0 Å². The molecule has 0 aliphatic carbocycles. The lowest BCUT2D eigenvalue weighted by molar-refractivity contribution is -0.147. The van der Waals surface area contributed by atoms with Gasteiger partial charge in [0.2, 0.25) is 5.91 Å². The van der Waals surface area contributed by atoms with Crippen molar-refractivity contribution in [3.63, 3.8) is 0 Å². The van der Waals surface area contributed by atoms with E-state index in [0.29, 0.717) is 22.0 Å². The Morgan fingerprint density at radius 1 is 0.889 bits per heavy atom. The molecule has 0 radical (unpaired) electrons. The normalized spacial score (nSPS) is 15.2. The van der Waals surface area contributed by atoms with Crippen molar-refractivity contribution in [1.82, 2.24) is 0 Å². The van der Waals surface area contributed by atoms with Crippen LogP contribution < -0.4 is 9.64 Å². The summed E-state index contributed by atoms with van der Waals surface area (Å²) in [7, 11) is 0. The molecule has 5 rings (SSSR count). The van der Waals surface area contributed by atoms with Gasteiger partial charge in [-0.15, -0.1) is 0 Å². The molecule has 1 aliphatic heterocycles. The number of benzene rings is 4. The minimum atomic E-state index is -0.637. The van der Waals surface area contributed by atoms with Crippen molar-refractivity contribution in [1.29, 1.82) is 0 Å². The van der Waals surface area contributed by atoms with E-state index >= 15 is 0 Å². The Kier molecular flexibility index (Phi) is 6.69. The first-order chi connectivity index (χ1) is 17.5. The number of hydrogen-bond donors (Lipinski definition) is 0. The van der Waals surface area contributed by atoms with Gasteiger partial charge in [-0.05, 0) is 60.0 Å². The Hall–Kier alpha value is -4.16. The molecule has 1 heterocycles. The van der Waals surface area contributed by atoms with E-state index in [-0.39, 0.29) is 31.3 Å². The first kappa shape index (κ1) is 23.6. The summed E-state index contributed by atoms with van der Waals surface area (Å²) in [5.41, 5.74) is 1.07. The van der Waals surface area contributed by atoms with E-state index in [0.717, 1.165) is 16.5 Å². The number of anilines is 1. The van der Waals surface area contributed by atoms with Crippen LogP contribution in [0.2, 0.25) is 5.02 Å². The van der Waals surface area contributed by atoms with E-state index in [1.165, 1.54) is 0 Å². The molecule has 180 valence electrons. The van der Waals surface area contributed by atoms with E-state index in [1.54, 1.807) is 53.4 Å². The maximum atomic E-state index is 12.6. The van der Waals surface area contributed by atoms with Gasteiger partial charge in [-0.1, -0.05) is 48.0 Å². The van der Waals surface area contributed by atoms with Crippen molar-refractivity contribution < 1.29 is 23.9 Å². The highest BCUT2D eigenvalue weighted by Crippen LogP contribution is 2.32. The smallest absolute Gasteiger partial charge is 0.311 e. The van der Waals surface area contributed by atoms with E-state index in [1.807, 2.05) is 42.5 Å².